The predicted octanol–water partition coefficient (Wildman–Crippen LogP) is 2.21. The fourth-order valence-electron chi connectivity index (χ4n) is 3.57. The third kappa shape index (κ3) is 2.77. The monoisotopic (exact) mass is 259 g/mol. The summed E-state index contributed by atoms with van der Waals surface area (Å²) >= 11 is 0. The lowest BCUT2D eigenvalue weighted by molar-refractivity contribution is 0.208. The Bertz CT molecular complexity index is 404. The van der Waals surface area contributed by atoms with Crippen LogP contribution < -0.4 is 10.6 Å². The molecular formula is C16H25N3. The number of hydrogen-bond donors (Lipinski definition) is 1. The summed E-state index contributed by atoms with van der Waals surface area (Å²) in [5.74, 6) is 0. The molecule has 3 heteroatoms. The summed E-state index contributed by atoms with van der Waals surface area (Å²) in [4.78, 5) is 5.22. The average molecular weight is 259 g/mol. The fraction of sp³-hybridized carbons (Fsp3) is 0.625. The van der Waals surface area contributed by atoms with Gasteiger partial charge in [0.2, 0.25) is 0 Å². The van der Waals surface area contributed by atoms with Gasteiger partial charge >= 0.3 is 0 Å². The number of para-hydroxylation sites is 1. The van der Waals surface area contributed by atoms with Gasteiger partial charge in [-0.15, -0.1) is 0 Å². The Balaban J connectivity index is 1.63. The van der Waals surface area contributed by atoms with Gasteiger partial charge in [-0.3, -0.25) is 0 Å². The zero-order valence-electron chi connectivity index (χ0n) is 11.7. The minimum Gasteiger partial charge on any atom is -0.371 e. The number of anilines is 1. The summed E-state index contributed by atoms with van der Waals surface area (Å²) in [6.07, 6.45) is 5.41. The molecular weight excluding hydrogens is 234 g/mol. The SMILES string of the molecule is NCc1ccccc1N1CCC(N2CCCC2)CC1. The first kappa shape index (κ1) is 12.9. The third-order valence-electron chi connectivity index (χ3n) is 4.67. The lowest BCUT2D eigenvalue weighted by Crippen LogP contribution is -2.44. The first-order valence-corrected chi connectivity index (χ1v) is 7.65. The summed E-state index contributed by atoms with van der Waals surface area (Å²) in [6.45, 7) is 5.65. The van der Waals surface area contributed by atoms with Crippen molar-refractivity contribution in [3.8, 4) is 0 Å². The van der Waals surface area contributed by atoms with E-state index in [2.05, 4.69) is 34.1 Å². The Morgan fingerprint density at radius 1 is 1.00 bits per heavy atom. The number of nitrogens with zero attached hydrogens (tertiary/aromatic N) is 2. The fourth-order valence-corrected chi connectivity index (χ4v) is 3.57. The van der Waals surface area contributed by atoms with E-state index in [9.17, 15) is 0 Å². The second-order valence-corrected chi connectivity index (χ2v) is 5.79. The van der Waals surface area contributed by atoms with Gasteiger partial charge in [0, 0.05) is 31.4 Å². The van der Waals surface area contributed by atoms with Gasteiger partial charge in [-0.2, -0.15) is 0 Å². The lowest BCUT2D eigenvalue weighted by atomic mass is 10.0. The molecule has 2 aliphatic heterocycles. The zero-order valence-corrected chi connectivity index (χ0v) is 11.7. The van der Waals surface area contributed by atoms with Crippen molar-refractivity contribution in [1.82, 2.24) is 4.90 Å². The number of nitrogens with two attached hydrogens (primary N) is 1. The molecule has 0 saturated carbocycles. The Morgan fingerprint density at radius 2 is 1.68 bits per heavy atom. The van der Waals surface area contributed by atoms with Crippen molar-refractivity contribution in [2.75, 3.05) is 31.1 Å². The first-order valence-electron chi connectivity index (χ1n) is 7.65. The van der Waals surface area contributed by atoms with Crippen molar-refractivity contribution >= 4 is 5.69 Å². The van der Waals surface area contributed by atoms with Gasteiger partial charge in [-0.25, -0.2) is 0 Å². The van der Waals surface area contributed by atoms with Gasteiger partial charge < -0.3 is 15.5 Å². The smallest absolute Gasteiger partial charge is 0.0411 e. The molecule has 0 aromatic heterocycles. The molecule has 2 N–H and O–H groups in total. The molecule has 2 saturated heterocycles. The van der Waals surface area contributed by atoms with Crippen LogP contribution >= 0.6 is 0 Å². The molecule has 0 atom stereocenters. The maximum absolute atomic E-state index is 5.85. The topological polar surface area (TPSA) is 32.5 Å². The van der Waals surface area contributed by atoms with Crippen LogP contribution in [0.1, 0.15) is 31.2 Å². The van der Waals surface area contributed by atoms with Crippen molar-refractivity contribution < 1.29 is 0 Å². The van der Waals surface area contributed by atoms with Gasteiger partial charge in [-0.1, -0.05) is 18.2 Å². The summed E-state index contributed by atoms with van der Waals surface area (Å²) in [7, 11) is 0. The third-order valence-corrected chi connectivity index (χ3v) is 4.67. The molecule has 19 heavy (non-hydrogen) atoms. The lowest BCUT2D eigenvalue weighted by Gasteiger charge is -2.38. The molecule has 0 radical (unpaired) electrons. The second-order valence-electron chi connectivity index (χ2n) is 5.79. The van der Waals surface area contributed by atoms with Gasteiger partial charge in [0.05, 0.1) is 0 Å². The van der Waals surface area contributed by atoms with E-state index < -0.39 is 0 Å². The summed E-state index contributed by atoms with van der Waals surface area (Å²) in [5.41, 5.74) is 8.48. The molecule has 104 valence electrons. The van der Waals surface area contributed by atoms with E-state index in [0.29, 0.717) is 6.54 Å². The largest absolute Gasteiger partial charge is 0.371 e. The summed E-state index contributed by atoms with van der Waals surface area (Å²) in [5, 5.41) is 0. The van der Waals surface area contributed by atoms with Crippen LogP contribution in [-0.2, 0) is 6.54 Å². The Morgan fingerprint density at radius 3 is 2.37 bits per heavy atom. The summed E-state index contributed by atoms with van der Waals surface area (Å²) < 4.78 is 0. The Hall–Kier alpha value is -1.06. The highest BCUT2D eigenvalue weighted by Gasteiger charge is 2.26. The van der Waals surface area contributed by atoms with Crippen LogP contribution in [0.25, 0.3) is 0 Å². The van der Waals surface area contributed by atoms with E-state index in [-0.39, 0.29) is 0 Å². The standard InChI is InChI=1S/C16H25N3/c17-13-14-5-1-2-6-16(14)19-11-7-15(8-12-19)18-9-3-4-10-18/h1-2,5-6,15H,3-4,7-13,17H2. The van der Waals surface area contributed by atoms with Crippen LogP contribution in [0.5, 0.6) is 0 Å². The van der Waals surface area contributed by atoms with Crippen LogP contribution in [0.4, 0.5) is 5.69 Å². The van der Waals surface area contributed by atoms with Crippen LogP contribution in [0.2, 0.25) is 0 Å². The quantitative estimate of drug-likeness (QED) is 0.903. The normalized spacial score (nSPS) is 22.1. The maximum Gasteiger partial charge on any atom is 0.0411 e. The predicted molar refractivity (Wildman–Crippen MR) is 80.4 cm³/mol. The number of hydrogen-bond acceptors (Lipinski definition) is 3. The Kier molecular flexibility index (Phi) is 4.04. The van der Waals surface area contributed by atoms with E-state index in [4.69, 9.17) is 5.73 Å². The van der Waals surface area contributed by atoms with Crippen LogP contribution in [0.15, 0.2) is 24.3 Å². The molecule has 2 aliphatic rings. The molecule has 1 aromatic rings. The molecule has 3 nitrogen and oxygen atoms in total. The Labute approximate surface area is 116 Å². The summed E-state index contributed by atoms with van der Waals surface area (Å²) in [6, 6.07) is 9.41. The molecule has 1 aromatic carbocycles. The van der Waals surface area contributed by atoms with Crippen LogP contribution in [0.3, 0.4) is 0 Å². The van der Waals surface area contributed by atoms with E-state index >= 15 is 0 Å². The number of benzene rings is 1. The molecule has 0 spiro atoms. The molecule has 3 rings (SSSR count). The van der Waals surface area contributed by atoms with Crippen LogP contribution in [-0.4, -0.2) is 37.1 Å². The highest BCUT2D eigenvalue weighted by Crippen LogP contribution is 2.27. The van der Waals surface area contributed by atoms with Crippen molar-refractivity contribution in [2.24, 2.45) is 5.73 Å². The average Bonchev–Trinajstić information content (AvgIpc) is 3.02. The minimum atomic E-state index is 0.641. The highest BCUT2D eigenvalue weighted by atomic mass is 15.2. The molecule has 0 amide bonds. The van der Waals surface area contributed by atoms with Crippen molar-refractivity contribution in [2.45, 2.75) is 38.3 Å². The first-order chi connectivity index (χ1) is 9.38. The van der Waals surface area contributed by atoms with Gasteiger partial charge in [-0.05, 0) is 50.4 Å². The van der Waals surface area contributed by atoms with E-state index in [1.807, 2.05) is 0 Å². The second kappa shape index (κ2) is 5.93. The highest BCUT2D eigenvalue weighted by molar-refractivity contribution is 5.53. The van der Waals surface area contributed by atoms with Gasteiger partial charge in [0.15, 0.2) is 0 Å². The van der Waals surface area contributed by atoms with Crippen LogP contribution in [0, 0.1) is 0 Å². The van der Waals surface area contributed by atoms with Crippen molar-refractivity contribution in [3.05, 3.63) is 29.8 Å². The van der Waals surface area contributed by atoms with Crippen molar-refractivity contribution in [3.63, 3.8) is 0 Å². The minimum absolute atomic E-state index is 0.641. The van der Waals surface area contributed by atoms with E-state index in [1.165, 1.54) is 63.1 Å². The van der Waals surface area contributed by atoms with Gasteiger partial charge in [0.25, 0.3) is 0 Å². The number of piperidine rings is 1. The molecule has 2 fully saturated rings. The van der Waals surface area contributed by atoms with E-state index in [1.54, 1.807) is 0 Å². The van der Waals surface area contributed by atoms with Crippen molar-refractivity contribution in [1.29, 1.82) is 0 Å². The number of rotatable bonds is 3. The molecule has 0 aliphatic carbocycles. The van der Waals surface area contributed by atoms with E-state index in [0.717, 1.165) is 6.04 Å². The van der Waals surface area contributed by atoms with Gasteiger partial charge in [0.1, 0.15) is 0 Å². The zero-order chi connectivity index (χ0) is 13.1. The molecule has 0 bridgehead atoms. The number of likely N-dealkylation sites (tertiary alicyclic amines) is 1. The molecule has 0 unspecified atom stereocenters. The maximum atomic E-state index is 5.85. The molecule has 2 heterocycles.